The van der Waals surface area contributed by atoms with Crippen LogP contribution in [0.4, 0.5) is 5.69 Å². The van der Waals surface area contributed by atoms with Crippen molar-refractivity contribution in [3.05, 3.63) is 60.2 Å². The van der Waals surface area contributed by atoms with E-state index in [0.29, 0.717) is 12.2 Å². The molecule has 0 radical (unpaired) electrons. The fourth-order valence-electron chi connectivity index (χ4n) is 2.66. The molecule has 0 saturated heterocycles. The molecular formula is C22H26Cl3N3O2S. The lowest BCUT2D eigenvalue weighted by Gasteiger charge is -2.27. The largest absolute Gasteiger partial charge is 0.494 e. The molecule has 0 aliphatic rings. The van der Waals surface area contributed by atoms with E-state index in [0.717, 1.165) is 17.9 Å². The zero-order chi connectivity index (χ0) is 22.7. The Morgan fingerprint density at radius 1 is 1.00 bits per heavy atom. The van der Waals surface area contributed by atoms with Crippen molar-refractivity contribution in [2.45, 2.75) is 42.6 Å². The number of amides is 1. The number of anilines is 1. The highest BCUT2D eigenvalue weighted by atomic mass is 35.6. The molecular weight excluding hydrogens is 477 g/mol. The molecule has 0 aromatic heterocycles. The van der Waals surface area contributed by atoms with E-state index in [4.69, 9.17) is 51.8 Å². The summed E-state index contributed by atoms with van der Waals surface area (Å²) in [5.41, 5.74) is 1.17. The van der Waals surface area contributed by atoms with Gasteiger partial charge in [-0.25, -0.2) is 0 Å². The summed E-state index contributed by atoms with van der Waals surface area (Å²) in [5.74, 6) is 0.392. The van der Waals surface area contributed by atoms with Crippen molar-refractivity contribution < 1.29 is 9.53 Å². The van der Waals surface area contributed by atoms with Gasteiger partial charge in [-0.2, -0.15) is 0 Å². The van der Waals surface area contributed by atoms with Crippen LogP contribution in [-0.2, 0) is 0 Å². The summed E-state index contributed by atoms with van der Waals surface area (Å²) in [6.07, 6.45) is 3.58. The molecule has 2 rings (SSSR count). The highest BCUT2D eigenvalue weighted by molar-refractivity contribution is 7.80. The number of carbonyl (C=O) groups is 1. The number of benzene rings is 2. The summed E-state index contributed by atoms with van der Waals surface area (Å²) in [4.78, 5) is 12.4. The Hall–Kier alpha value is -1.73. The van der Waals surface area contributed by atoms with Gasteiger partial charge in [-0.15, -0.1) is 0 Å². The van der Waals surface area contributed by atoms with Gasteiger partial charge in [-0.3, -0.25) is 4.79 Å². The molecule has 0 heterocycles. The summed E-state index contributed by atoms with van der Waals surface area (Å²) in [6, 6.07) is 16.0. The Morgan fingerprint density at radius 2 is 1.68 bits per heavy atom. The van der Waals surface area contributed by atoms with E-state index in [1.807, 2.05) is 30.3 Å². The van der Waals surface area contributed by atoms with Crippen LogP contribution in [-0.4, -0.2) is 27.6 Å². The molecule has 0 saturated carbocycles. The van der Waals surface area contributed by atoms with Crippen molar-refractivity contribution in [1.82, 2.24) is 10.6 Å². The zero-order valence-corrected chi connectivity index (χ0v) is 20.3. The SMILES string of the molecule is CCCCCCOc1ccc(NC(=S)NC(NC(=O)c2ccccc2)C(Cl)(Cl)Cl)cc1. The van der Waals surface area contributed by atoms with Crippen molar-refractivity contribution in [2.75, 3.05) is 11.9 Å². The standard InChI is InChI=1S/C22H26Cl3N3O2S/c1-2-3-4-8-15-30-18-13-11-17(12-14-18)26-21(31)28-20(22(23,24)25)27-19(29)16-9-6-5-7-10-16/h5-7,9-14,20H,2-4,8,15H2,1H3,(H,27,29)(H2,26,28,31). The van der Waals surface area contributed by atoms with Gasteiger partial charge in [-0.05, 0) is 55.0 Å². The fraction of sp³-hybridized carbons (Fsp3) is 0.364. The second-order valence-corrected chi connectivity index (χ2v) is 9.62. The number of ether oxygens (including phenoxy) is 1. The predicted octanol–water partition coefficient (Wildman–Crippen LogP) is 6.06. The molecule has 0 fully saturated rings. The summed E-state index contributed by atoms with van der Waals surface area (Å²) in [6.45, 7) is 2.87. The number of halogens is 3. The van der Waals surface area contributed by atoms with Crippen molar-refractivity contribution >= 4 is 63.7 Å². The second kappa shape index (κ2) is 13.0. The van der Waals surface area contributed by atoms with Crippen LogP contribution in [0.2, 0.25) is 0 Å². The highest BCUT2D eigenvalue weighted by Gasteiger charge is 2.34. The summed E-state index contributed by atoms with van der Waals surface area (Å²) < 4.78 is 3.90. The van der Waals surface area contributed by atoms with Gasteiger partial charge in [0.25, 0.3) is 5.91 Å². The molecule has 3 N–H and O–H groups in total. The average Bonchev–Trinajstić information content (AvgIpc) is 2.74. The molecule has 0 spiro atoms. The van der Waals surface area contributed by atoms with Gasteiger partial charge in [0, 0.05) is 11.3 Å². The molecule has 2 aromatic rings. The third kappa shape index (κ3) is 9.52. The van der Waals surface area contributed by atoms with Gasteiger partial charge in [-0.1, -0.05) is 79.2 Å². The molecule has 31 heavy (non-hydrogen) atoms. The fourth-order valence-corrected chi connectivity index (χ4v) is 3.22. The molecule has 1 amide bonds. The topological polar surface area (TPSA) is 62.4 Å². The number of rotatable bonds is 10. The van der Waals surface area contributed by atoms with Gasteiger partial charge in [0.05, 0.1) is 6.61 Å². The first-order valence-corrected chi connectivity index (χ1v) is 11.6. The predicted molar refractivity (Wildman–Crippen MR) is 133 cm³/mol. The summed E-state index contributed by atoms with van der Waals surface area (Å²) in [7, 11) is 0. The van der Waals surface area contributed by atoms with Crippen molar-refractivity contribution in [1.29, 1.82) is 0 Å². The number of hydrogen-bond acceptors (Lipinski definition) is 3. The number of alkyl halides is 3. The van der Waals surface area contributed by atoms with E-state index in [-0.39, 0.29) is 5.11 Å². The van der Waals surface area contributed by atoms with E-state index >= 15 is 0 Å². The van der Waals surface area contributed by atoms with Gasteiger partial charge < -0.3 is 20.7 Å². The summed E-state index contributed by atoms with van der Waals surface area (Å²) >= 11 is 23.4. The first-order valence-electron chi connectivity index (χ1n) is 10.0. The Morgan fingerprint density at radius 3 is 2.29 bits per heavy atom. The van der Waals surface area contributed by atoms with E-state index < -0.39 is 15.9 Å². The second-order valence-electron chi connectivity index (χ2n) is 6.85. The van der Waals surface area contributed by atoms with Crippen LogP contribution in [0.5, 0.6) is 5.75 Å². The lowest BCUT2D eigenvalue weighted by atomic mass is 10.2. The third-order valence-corrected chi connectivity index (χ3v) is 5.17. The van der Waals surface area contributed by atoms with E-state index in [9.17, 15) is 4.79 Å². The maximum atomic E-state index is 12.4. The minimum Gasteiger partial charge on any atom is -0.494 e. The molecule has 9 heteroatoms. The molecule has 5 nitrogen and oxygen atoms in total. The zero-order valence-electron chi connectivity index (χ0n) is 17.2. The maximum absolute atomic E-state index is 12.4. The lowest BCUT2D eigenvalue weighted by molar-refractivity contribution is 0.0934. The maximum Gasteiger partial charge on any atom is 0.252 e. The van der Waals surface area contributed by atoms with Crippen LogP contribution < -0.4 is 20.7 Å². The molecule has 2 aromatic carbocycles. The Kier molecular flexibility index (Phi) is 10.7. The van der Waals surface area contributed by atoms with E-state index in [2.05, 4.69) is 22.9 Å². The normalized spacial score (nSPS) is 12.0. The molecule has 0 bridgehead atoms. The average molecular weight is 503 g/mol. The number of hydrogen-bond donors (Lipinski definition) is 3. The first kappa shape index (κ1) is 25.5. The molecule has 1 unspecified atom stereocenters. The Bertz CT molecular complexity index is 830. The van der Waals surface area contributed by atoms with Crippen LogP contribution in [0.1, 0.15) is 43.0 Å². The lowest BCUT2D eigenvalue weighted by Crippen LogP contribution is -2.56. The van der Waals surface area contributed by atoms with Crippen molar-refractivity contribution in [3.8, 4) is 5.75 Å². The van der Waals surface area contributed by atoms with Crippen LogP contribution in [0.3, 0.4) is 0 Å². The van der Waals surface area contributed by atoms with Gasteiger partial charge in [0.1, 0.15) is 11.9 Å². The first-order chi connectivity index (χ1) is 14.8. The molecule has 1 atom stereocenters. The summed E-state index contributed by atoms with van der Waals surface area (Å²) in [5, 5.41) is 8.68. The van der Waals surface area contributed by atoms with Crippen LogP contribution >= 0.6 is 47.0 Å². The number of carbonyl (C=O) groups excluding carboxylic acids is 1. The molecule has 0 aliphatic carbocycles. The van der Waals surface area contributed by atoms with E-state index in [1.165, 1.54) is 19.3 Å². The van der Waals surface area contributed by atoms with Gasteiger partial charge in [0.15, 0.2) is 5.11 Å². The van der Waals surface area contributed by atoms with Gasteiger partial charge >= 0.3 is 0 Å². The van der Waals surface area contributed by atoms with E-state index in [1.54, 1.807) is 24.3 Å². The molecule has 168 valence electrons. The number of unbranched alkanes of at least 4 members (excludes halogenated alkanes) is 3. The minimum atomic E-state index is -1.83. The van der Waals surface area contributed by atoms with Crippen LogP contribution in [0.25, 0.3) is 0 Å². The quantitative estimate of drug-likeness (QED) is 0.160. The van der Waals surface area contributed by atoms with Gasteiger partial charge in [0.2, 0.25) is 3.79 Å². The third-order valence-electron chi connectivity index (χ3n) is 4.29. The molecule has 0 aliphatic heterocycles. The number of thiocarbonyl (C=S) groups is 1. The minimum absolute atomic E-state index is 0.193. The Labute approximate surface area is 203 Å². The monoisotopic (exact) mass is 501 g/mol. The highest BCUT2D eigenvalue weighted by Crippen LogP contribution is 2.29. The number of nitrogens with one attached hydrogen (secondary N) is 3. The van der Waals surface area contributed by atoms with Crippen molar-refractivity contribution in [2.24, 2.45) is 0 Å². The van der Waals surface area contributed by atoms with Crippen LogP contribution in [0, 0.1) is 0 Å². The smallest absolute Gasteiger partial charge is 0.252 e. The Balaban J connectivity index is 1.88. The van der Waals surface area contributed by atoms with Crippen LogP contribution in [0.15, 0.2) is 54.6 Å². The van der Waals surface area contributed by atoms with Crippen molar-refractivity contribution in [3.63, 3.8) is 0 Å².